The molecule has 1 saturated carbocycles. The number of nitrogens with zero attached hydrogens (tertiary/aromatic N) is 6. The predicted molar refractivity (Wildman–Crippen MR) is 201 cm³/mol. The lowest BCUT2D eigenvalue weighted by molar-refractivity contribution is -0.146. The lowest BCUT2D eigenvalue weighted by Gasteiger charge is -2.45. The molecule has 1 aliphatic carbocycles. The highest BCUT2D eigenvalue weighted by molar-refractivity contribution is 6.30. The van der Waals surface area contributed by atoms with E-state index >= 15 is 0 Å². The fourth-order valence-electron chi connectivity index (χ4n) is 7.38. The Morgan fingerprint density at radius 3 is 2.54 bits per heavy atom. The summed E-state index contributed by atoms with van der Waals surface area (Å²) in [5.41, 5.74) is 2.88. The number of piperidine rings is 1. The van der Waals surface area contributed by atoms with Gasteiger partial charge in [0.05, 0.1) is 31.3 Å². The van der Waals surface area contributed by atoms with Crippen LogP contribution in [0.4, 0.5) is 0 Å². The van der Waals surface area contributed by atoms with Gasteiger partial charge in [-0.05, 0) is 56.2 Å². The van der Waals surface area contributed by atoms with Gasteiger partial charge < -0.3 is 23.8 Å². The number of carbonyl (C=O) groups is 2. The number of piperazine rings is 1. The minimum Gasteiger partial charge on any atom is -0.496 e. The van der Waals surface area contributed by atoms with Crippen molar-refractivity contribution in [1.29, 1.82) is 0 Å². The Bertz CT molecular complexity index is 1440. The maximum atomic E-state index is 14.0. The minimum atomic E-state index is -0.578. The molecular weight excluding hydrogens is 652 g/mol. The number of imidazole rings is 1. The van der Waals surface area contributed by atoms with Crippen LogP contribution in [0.5, 0.6) is 5.75 Å². The minimum absolute atomic E-state index is 0.00363. The van der Waals surface area contributed by atoms with Crippen LogP contribution in [-0.4, -0.2) is 102 Å². The summed E-state index contributed by atoms with van der Waals surface area (Å²) in [7, 11) is 3.45. The fraction of sp³-hybridized carbons (Fsp3) is 0.590. The molecule has 1 aromatic heterocycles. The van der Waals surface area contributed by atoms with E-state index in [9.17, 15) is 9.59 Å². The molecule has 274 valence electrons. The zero-order chi connectivity index (χ0) is 35.9. The van der Waals surface area contributed by atoms with Crippen molar-refractivity contribution >= 4 is 30.1 Å². The molecule has 1 aromatic carbocycles. The van der Waals surface area contributed by atoms with E-state index in [1.165, 1.54) is 32.1 Å². The van der Waals surface area contributed by atoms with Gasteiger partial charge in [0.15, 0.2) is 0 Å². The SMILES string of the molecule is CC.COC1CCCCC1.COc1cc(Cl)ccc1[C@H](C1=C(C)C=CCC=N1)N1CCN(C=O)[C@@H](C(=O)N2CCC[C@@H](Cn3ccnc3)C2)C1. The van der Waals surface area contributed by atoms with Crippen LogP contribution in [-0.2, 0) is 20.9 Å². The summed E-state index contributed by atoms with van der Waals surface area (Å²) in [6, 6.07) is 4.80. The lowest BCUT2D eigenvalue weighted by atomic mass is 9.94. The number of likely N-dealkylation sites (tertiary alicyclic amines) is 1. The molecule has 0 bridgehead atoms. The summed E-state index contributed by atoms with van der Waals surface area (Å²) >= 11 is 6.32. The molecule has 4 aliphatic rings. The number of aromatic nitrogens is 2. The molecule has 0 spiro atoms. The molecular formula is C39H57ClN6O4. The van der Waals surface area contributed by atoms with E-state index < -0.39 is 6.04 Å². The zero-order valence-corrected chi connectivity index (χ0v) is 31.4. The first-order valence-corrected chi connectivity index (χ1v) is 18.7. The summed E-state index contributed by atoms with van der Waals surface area (Å²) in [6.45, 7) is 9.71. The molecule has 4 heterocycles. The average Bonchev–Trinajstić information content (AvgIpc) is 3.59. The highest BCUT2D eigenvalue weighted by Gasteiger charge is 2.40. The Labute approximate surface area is 304 Å². The summed E-state index contributed by atoms with van der Waals surface area (Å²) < 4.78 is 13.0. The number of rotatable bonds is 9. The van der Waals surface area contributed by atoms with E-state index in [0.29, 0.717) is 55.5 Å². The smallest absolute Gasteiger partial charge is 0.246 e. The molecule has 2 aromatic rings. The van der Waals surface area contributed by atoms with Crippen LogP contribution in [0.15, 0.2) is 65.3 Å². The molecule has 3 aliphatic heterocycles. The van der Waals surface area contributed by atoms with Crippen LogP contribution in [0.3, 0.4) is 0 Å². The van der Waals surface area contributed by atoms with Crippen LogP contribution >= 0.6 is 11.6 Å². The van der Waals surface area contributed by atoms with Gasteiger partial charge in [0, 0.05) is 82.0 Å². The maximum absolute atomic E-state index is 14.0. The second kappa shape index (κ2) is 20.4. The van der Waals surface area contributed by atoms with E-state index in [4.69, 9.17) is 26.1 Å². The summed E-state index contributed by atoms with van der Waals surface area (Å²) in [6.07, 6.45) is 22.6. The Morgan fingerprint density at radius 1 is 1.06 bits per heavy atom. The molecule has 2 amide bonds. The number of benzene rings is 1. The van der Waals surface area contributed by atoms with Gasteiger partial charge in [-0.2, -0.15) is 0 Å². The van der Waals surface area contributed by atoms with Crippen molar-refractivity contribution in [2.24, 2.45) is 10.9 Å². The second-order valence-corrected chi connectivity index (χ2v) is 13.6. The van der Waals surface area contributed by atoms with Gasteiger partial charge in [-0.15, -0.1) is 0 Å². The van der Waals surface area contributed by atoms with Crippen molar-refractivity contribution in [2.75, 3.05) is 46.9 Å². The van der Waals surface area contributed by atoms with Gasteiger partial charge in [-0.3, -0.25) is 19.5 Å². The van der Waals surface area contributed by atoms with E-state index in [0.717, 1.165) is 49.1 Å². The topological polar surface area (TPSA) is 92.5 Å². The molecule has 6 rings (SSSR count). The molecule has 2 saturated heterocycles. The zero-order valence-electron chi connectivity index (χ0n) is 30.7. The average molecular weight is 709 g/mol. The van der Waals surface area contributed by atoms with Crippen LogP contribution in [0.25, 0.3) is 0 Å². The summed E-state index contributed by atoms with van der Waals surface area (Å²) in [5, 5.41) is 0.587. The summed E-state index contributed by atoms with van der Waals surface area (Å²) in [5.74, 6) is 1.02. The third-order valence-corrected chi connectivity index (χ3v) is 10.2. The first kappa shape index (κ1) is 39.3. The first-order valence-electron chi connectivity index (χ1n) is 18.4. The molecule has 0 radical (unpaired) electrons. The monoisotopic (exact) mass is 708 g/mol. The number of hydrogen-bond donors (Lipinski definition) is 0. The lowest BCUT2D eigenvalue weighted by Crippen LogP contribution is -2.60. The summed E-state index contributed by atoms with van der Waals surface area (Å²) in [4.78, 5) is 41.1. The van der Waals surface area contributed by atoms with E-state index in [1.807, 2.05) is 62.8 Å². The third kappa shape index (κ3) is 10.5. The molecule has 0 N–H and O–H groups in total. The Balaban J connectivity index is 0.000000489. The quantitative estimate of drug-likeness (QED) is 0.262. The molecule has 11 heteroatoms. The number of allylic oxidation sites excluding steroid dienone is 3. The maximum Gasteiger partial charge on any atom is 0.246 e. The largest absolute Gasteiger partial charge is 0.496 e. The van der Waals surface area contributed by atoms with Crippen molar-refractivity contribution in [3.63, 3.8) is 0 Å². The van der Waals surface area contributed by atoms with Crippen LogP contribution in [0.2, 0.25) is 5.02 Å². The van der Waals surface area contributed by atoms with Gasteiger partial charge in [0.1, 0.15) is 11.8 Å². The molecule has 3 atom stereocenters. The normalized spacial score (nSPS) is 22.1. The highest BCUT2D eigenvalue weighted by atomic mass is 35.5. The van der Waals surface area contributed by atoms with Crippen molar-refractivity contribution in [3.05, 3.63) is 70.9 Å². The number of amides is 2. The second-order valence-electron chi connectivity index (χ2n) is 13.2. The van der Waals surface area contributed by atoms with Crippen LogP contribution < -0.4 is 4.74 Å². The van der Waals surface area contributed by atoms with E-state index in [-0.39, 0.29) is 11.9 Å². The Morgan fingerprint density at radius 2 is 1.86 bits per heavy atom. The number of hydrogen-bond acceptors (Lipinski definition) is 7. The number of aliphatic imine (C=N–C) groups is 1. The van der Waals surface area contributed by atoms with Gasteiger partial charge in [-0.1, -0.05) is 62.9 Å². The van der Waals surface area contributed by atoms with Gasteiger partial charge in [-0.25, -0.2) is 4.98 Å². The number of carbonyl (C=O) groups excluding carboxylic acids is 2. The predicted octanol–water partition coefficient (Wildman–Crippen LogP) is 6.96. The van der Waals surface area contributed by atoms with Gasteiger partial charge in [0.25, 0.3) is 0 Å². The number of ether oxygens (including phenoxy) is 2. The Kier molecular flexibility index (Phi) is 16.0. The van der Waals surface area contributed by atoms with Gasteiger partial charge in [0.2, 0.25) is 12.3 Å². The van der Waals surface area contributed by atoms with Crippen LogP contribution in [0, 0.1) is 5.92 Å². The fourth-order valence-corrected chi connectivity index (χ4v) is 7.54. The molecule has 10 nitrogen and oxygen atoms in total. The standard InChI is InChI=1S/C30H37ClN6O3.C7H14O.C2H6/c1-22-6-3-4-10-33-28(22)29(25-9-8-24(31)16-27(25)40-2)35-14-15-37(21-38)26(19-35)30(39)36-12-5-7-23(18-36)17-34-13-11-32-20-34;1-8-7-5-3-2-4-6-7;1-2/h3,6,8-11,13,16,20-21,23,26,29H,4-5,7,12,14-15,17-19H2,1-2H3;7H,2-6H2,1H3;1-2H3/t23-,26+,29+;;/m0../s1. The van der Waals surface area contributed by atoms with E-state index in [2.05, 4.69) is 33.5 Å². The third-order valence-electron chi connectivity index (χ3n) is 9.98. The molecule has 0 unspecified atom stereocenters. The number of halogens is 1. The van der Waals surface area contributed by atoms with Crippen molar-refractivity contribution in [3.8, 4) is 5.75 Å². The van der Waals surface area contributed by atoms with E-state index in [1.54, 1.807) is 18.2 Å². The molecule has 3 fully saturated rings. The molecule has 50 heavy (non-hydrogen) atoms. The van der Waals surface area contributed by atoms with Gasteiger partial charge >= 0.3 is 0 Å². The Hall–Kier alpha value is -3.47. The van der Waals surface area contributed by atoms with Crippen LogP contribution in [0.1, 0.15) is 83.7 Å². The van der Waals surface area contributed by atoms with Crippen molar-refractivity contribution in [1.82, 2.24) is 24.3 Å². The van der Waals surface area contributed by atoms with Crippen molar-refractivity contribution < 1.29 is 19.1 Å². The highest BCUT2D eigenvalue weighted by Crippen LogP contribution is 2.40. The van der Waals surface area contributed by atoms with Crippen molar-refractivity contribution in [2.45, 2.75) is 96.9 Å². The number of methoxy groups -OCH3 is 2. The first-order chi connectivity index (χ1) is 24.4.